The Morgan fingerprint density at radius 3 is 2.39 bits per heavy atom. The fourth-order valence-corrected chi connectivity index (χ4v) is 1.75. The van der Waals surface area contributed by atoms with Crippen LogP contribution in [0.1, 0.15) is 51.5 Å². The van der Waals surface area contributed by atoms with Gasteiger partial charge in [-0.3, -0.25) is 5.32 Å². The molecule has 0 radical (unpaired) electrons. The standard InChI is InChI=1S/C13H19N3O2/c1-13(2,3)18-12(17)16-11-14-7-10(8-15-11)9-5-4-6-9/h7-9H,4-6H2,1-3H3,(H,14,15,16,17). The summed E-state index contributed by atoms with van der Waals surface area (Å²) in [5.74, 6) is 0.882. The molecule has 0 saturated heterocycles. The maximum atomic E-state index is 11.5. The molecule has 0 atom stereocenters. The minimum Gasteiger partial charge on any atom is -0.444 e. The lowest BCUT2D eigenvalue weighted by atomic mass is 9.81. The van der Waals surface area contributed by atoms with Gasteiger partial charge in [-0.05, 0) is 45.1 Å². The van der Waals surface area contributed by atoms with Crippen LogP contribution in [0, 0.1) is 0 Å². The van der Waals surface area contributed by atoms with Gasteiger partial charge in [0.05, 0.1) is 0 Å². The SMILES string of the molecule is CC(C)(C)OC(=O)Nc1ncc(C2CCC2)cn1. The molecule has 1 heterocycles. The number of anilines is 1. The molecule has 1 aliphatic carbocycles. The summed E-state index contributed by atoms with van der Waals surface area (Å²) in [6.07, 6.45) is 6.74. The Morgan fingerprint density at radius 1 is 1.33 bits per heavy atom. The summed E-state index contributed by atoms with van der Waals surface area (Å²) in [4.78, 5) is 19.8. The van der Waals surface area contributed by atoms with E-state index >= 15 is 0 Å². The maximum Gasteiger partial charge on any atom is 0.414 e. The Balaban J connectivity index is 1.91. The fraction of sp³-hybridized carbons (Fsp3) is 0.615. The van der Waals surface area contributed by atoms with E-state index in [2.05, 4.69) is 15.3 Å². The number of aromatic nitrogens is 2. The molecule has 98 valence electrons. The van der Waals surface area contributed by atoms with Crippen LogP contribution in [0.2, 0.25) is 0 Å². The van der Waals surface area contributed by atoms with Crippen molar-refractivity contribution in [3.63, 3.8) is 0 Å². The molecular weight excluding hydrogens is 230 g/mol. The lowest BCUT2D eigenvalue weighted by molar-refractivity contribution is 0.0634. The monoisotopic (exact) mass is 249 g/mol. The van der Waals surface area contributed by atoms with E-state index in [1.54, 1.807) is 12.4 Å². The molecule has 1 aromatic rings. The van der Waals surface area contributed by atoms with Crippen LogP contribution in [0.25, 0.3) is 0 Å². The third-order valence-electron chi connectivity index (χ3n) is 2.86. The molecule has 2 rings (SSSR count). The number of carbonyl (C=O) groups is 1. The Kier molecular flexibility index (Phi) is 3.50. The number of hydrogen-bond acceptors (Lipinski definition) is 4. The normalized spacial score (nSPS) is 15.9. The molecule has 1 saturated carbocycles. The first-order valence-corrected chi connectivity index (χ1v) is 6.26. The fourth-order valence-electron chi connectivity index (χ4n) is 1.75. The molecule has 1 N–H and O–H groups in total. The van der Waals surface area contributed by atoms with E-state index in [0.29, 0.717) is 5.92 Å². The Bertz CT molecular complexity index is 419. The van der Waals surface area contributed by atoms with Gasteiger partial charge in [-0.25, -0.2) is 14.8 Å². The average molecular weight is 249 g/mol. The summed E-state index contributed by atoms with van der Waals surface area (Å²) in [7, 11) is 0. The molecule has 5 heteroatoms. The van der Waals surface area contributed by atoms with E-state index < -0.39 is 11.7 Å². The first-order valence-electron chi connectivity index (χ1n) is 6.26. The van der Waals surface area contributed by atoms with Crippen molar-refractivity contribution in [2.75, 3.05) is 5.32 Å². The molecule has 0 unspecified atom stereocenters. The highest BCUT2D eigenvalue weighted by atomic mass is 16.6. The van der Waals surface area contributed by atoms with Crippen LogP contribution < -0.4 is 5.32 Å². The number of hydrogen-bond donors (Lipinski definition) is 1. The smallest absolute Gasteiger partial charge is 0.414 e. The van der Waals surface area contributed by atoms with E-state index in [9.17, 15) is 4.79 Å². The van der Waals surface area contributed by atoms with Crippen molar-refractivity contribution in [1.29, 1.82) is 0 Å². The minimum absolute atomic E-state index is 0.285. The van der Waals surface area contributed by atoms with Gasteiger partial charge in [-0.15, -0.1) is 0 Å². The van der Waals surface area contributed by atoms with Crippen molar-refractivity contribution >= 4 is 12.0 Å². The largest absolute Gasteiger partial charge is 0.444 e. The molecule has 0 spiro atoms. The van der Waals surface area contributed by atoms with Gasteiger partial charge in [0.15, 0.2) is 0 Å². The third kappa shape index (κ3) is 3.42. The van der Waals surface area contributed by atoms with E-state index in [0.717, 1.165) is 5.56 Å². The Hall–Kier alpha value is -1.65. The lowest BCUT2D eigenvalue weighted by Gasteiger charge is -2.25. The summed E-state index contributed by atoms with van der Waals surface area (Å²) in [5.41, 5.74) is 0.631. The van der Waals surface area contributed by atoms with Crippen LogP contribution in [0.3, 0.4) is 0 Å². The summed E-state index contributed by atoms with van der Waals surface area (Å²) in [6.45, 7) is 5.44. The molecule has 0 aromatic carbocycles. The van der Waals surface area contributed by atoms with Gasteiger partial charge in [0.2, 0.25) is 5.95 Å². The van der Waals surface area contributed by atoms with Gasteiger partial charge < -0.3 is 4.74 Å². The van der Waals surface area contributed by atoms with Crippen molar-refractivity contribution < 1.29 is 9.53 Å². The number of nitrogens with one attached hydrogen (secondary N) is 1. The lowest BCUT2D eigenvalue weighted by Crippen LogP contribution is -2.27. The quantitative estimate of drug-likeness (QED) is 0.874. The first-order chi connectivity index (χ1) is 8.44. The highest BCUT2D eigenvalue weighted by Crippen LogP contribution is 2.35. The van der Waals surface area contributed by atoms with Crippen LogP contribution in [-0.2, 0) is 4.74 Å². The highest BCUT2D eigenvalue weighted by Gasteiger charge is 2.20. The van der Waals surface area contributed by atoms with E-state index in [4.69, 9.17) is 4.74 Å². The van der Waals surface area contributed by atoms with Gasteiger partial charge in [-0.2, -0.15) is 0 Å². The number of ether oxygens (including phenoxy) is 1. The van der Waals surface area contributed by atoms with Crippen molar-refractivity contribution in [2.24, 2.45) is 0 Å². The second kappa shape index (κ2) is 4.92. The Labute approximate surface area is 107 Å². The van der Waals surface area contributed by atoms with E-state index in [1.165, 1.54) is 19.3 Å². The van der Waals surface area contributed by atoms with Crippen LogP contribution in [-0.4, -0.2) is 21.7 Å². The van der Waals surface area contributed by atoms with Crippen molar-refractivity contribution in [3.05, 3.63) is 18.0 Å². The summed E-state index contributed by atoms with van der Waals surface area (Å²) in [6, 6.07) is 0. The zero-order chi connectivity index (χ0) is 13.2. The molecule has 1 amide bonds. The summed E-state index contributed by atoms with van der Waals surface area (Å²) >= 11 is 0. The number of nitrogens with zero attached hydrogens (tertiary/aromatic N) is 2. The predicted molar refractivity (Wildman–Crippen MR) is 68.5 cm³/mol. The van der Waals surface area contributed by atoms with E-state index in [-0.39, 0.29) is 5.95 Å². The predicted octanol–water partition coefficient (Wildman–Crippen LogP) is 3.09. The maximum absolute atomic E-state index is 11.5. The van der Waals surface area contributed by atoms with Crippen molar-refractivity contribution in [3.8, 4) is 0 Å². The average Bonchev–Trinajstić information content (AvgIpc) is 2.15. The van der Waals surface area contributed by atoms with Gasteiger partial charge in [0.1, 0.15) is 5.60 Å². The molecule has 1 aliphatic rings. The summed E-state index contributed by atoms with van der Waals surface area (Å²) < 4.78 is 5.12. The molecular formula is C13H19N3O2. The van der Waals surface area contributed by atoms with Crippen LogP contribution in [0.4, 0.5) is 10.7 Å². The second-order valence-electron chi connectivity index (χ2n) is 5.59. The van der Waals surface area contributed by atoms with Gasteiger partial charge in [-0.1, -0.05) is 6.42 Å². The molecule has 1 aromatic heterocycles. The third-order valence-corrected chi connectivity index (χ3v) is 2.86. The van der Waals surface area contributed by atoms with Crippen LogP contribution >= 0.6 is 0 Å². The molecule has 18 heavy (non-hydrogen) atoms. The number of rotatable bonds is 2. The van der Waals surface area contributed by atoms with Gasteiger partial charge in [0.25, 0.3) is 0 Å². The summed E-state index contributed by atoms with van der Waals surface area (Å²) in [5, 5.41) is 2.52. The molecule has 5 nitrogen and oxygen atoms in total. The van der Waals surface area contributed by atoms with Crippen LogP contribution in [0.15, 0.2) is 12.4 Å². The zero-order valence-corrected chi connectivity index (χ0v) is 11.1. The van der Waals surface area contributed by atoms with Crippen molar-refractivity contribution in [2.45, 2.75) is 51.6 Å². The number of amides is 1. The molecule has 0 bridgehead atoms. The number of carbonyl (C=O) groups excluding carboxylic acids is 1. The van der Waals surface area contributed by atoms with E-state index in [1.807, 2.05) is 20.8 Å². The first kappa shape index (κ1) is 12.8. The van der Waals surface area contributed by atoms with Gasteiger partial charge >= 0.3 is 6.09 Å². The topological polar surface area (TPSA) is 64.1 Å². The van der Waals surface area contributed by atoms with Crippen LogP contribution in [0.5, 0.6) is 0 Å². The van der Waals surface area contributed by atoms with Gasteiger partial charge in [0, 0.05) is 12.4 Å². The minimum atomic E-state index is -0.529. The second-order valence-corrected chi connectivity index (χ2v) is 5.59. The molecule has 1 fully saturated rings. The highest BCUT2D eigenvalue weighted by molar-refractivity contribution is 5.82. The molecule has 0 aliphatic heterocycles. The Morgan fingerprint density at radius 2 is 1.94 bits per heavy atom. The zero-order valence-electron chi connectivity index (χ0n) is 11.1. The van der Waals surface area contributed by atoms with Crippen molar-refractivity contribution in [1.82, 2.24) is 9.97 Å².